The van der Waals surface area contributed by atoms with Crippen LogP contribution in [0, 0.1) is 11.8 Å². The molecule has 2 amide bonds. The van der Waals surface area contributed by atoms with E-state index in [-0.39, 0.29) is 25.3 Å². The molecule has 0 spiro atoms. The summed E-state index contributed by atoms with van der Waals surface area (Å²) in [7, 11) is 6.07. The normalized spacial score (nSPS) is 18.3. The van der Waals surface area contributed by atoms with Crippen molar-refractivity contribution in [2.24, 2.45) is 0 Å². The van der Waals surface area contributed by atoms with Gasteiger partial charge in [0.15, 0.2) is 0 Å². The number of carbonyl (C=O) groups excluding carboxylic acids is 2. The number of nitrogens with zero attached hydrogens (tertiary/aromatic N) is 1. The van der Waals surface area contributed by atoms with Crippen LogP contribution < -0.4 is 21.9 Å². The molecule has 230 valence electrons. The minimum absolute atomic E-state index is 0.0146. The van der Waals surface area contributed by atoms with Crippen LogP contribution in [0.4, 0.5) is 9.59 Å². The summed E-state index contributed by atoms with van der Waals surface area (Å²) < 4.78 is 23.0. The molecule has 1 saturated heterocycles. The maximum absolute atomic E-state index is 12.4. The number of aliphatic hydroxyl groups excluding tert-OH is 1. The SMILES string of the molecule is CSSCO[C@H]1C[C@H](n2cc(C#CCNC(=O)OCCSSCCNC(=O)OC(C)(C)C)c(=O)[nH]c2=O)O[C@@H]1CO. The maximum atomic E-state index is 12.4. The van der Waals surface area contributed by atoms with E-state index in [4.69, 9.17) is 18.9 Å². The number of ether oxygens (including phenoxy) is 4. The Bertz CT molecular complexity index is 1160. The van der Waals surface area contributed by atoms with Gasteiger partial charge in [0, 0.05) is 30.7 Å². The van der Waals surface area contributed by atoms with Crippen LogP contribution in [0.3, 0.4) is 0 Å². The number of carbonyl (C=O) groups is 2. The molecule has 41 heavy (non-hydrogen) atoms. The summed E-state index contributed by atoms with van der Waals surface area (Å²) in [6, 6.07) is 0. The number of rotatable bonds is 14. The van der Waals surface area contributed by atoms with Crippen molar-refractivity contribution in [3.05, 3.63) is 32.6 Å². The second kappa shape index (κ2) is 18.6. The molecule has 3 atom stereocenters. The van der Waals surface area contributed by atoms with Crippen LogP contribution in [-0.2, 0) is 18.9 Å². The van der Waals surface area contributed by atoms with Gasteiger partial charge in [-0.3, -0.25) is 14.3 Å². The van der Waals surface area contributed by atoms with Crippen LogP contribution in [0.1, 0.15) is 39.0 Å². The second-order valence-corrected chi connectivity index (χ2v) is 14.4. The highest BCUT2D eigenvalue weighted by atomic mass is 33.1. The van der Waals surface area contributed by atoms with Crippen molar-refractivity contribution >= 4 is 55.4 Å². The zero-order valence-corrected chi connectivity index (χ0v) is 26.5. The third kappa shape index (κ3) is 13.7. The Morgan fingerprint density at radius 2 is 1.95 bits per heavy atom. The Morgan fingerprint density at radius 1 is 1.20 bits per heavy atom. The van der Waals surface area contributed by atoms with Crippen LogP contribution in [0.15, 0.2) is 15.8 Å². The number of H-pyrrole nitrogens is 1. The van der Waals surface area contributed by atoms with E-state index in [0.717, 1.165) is 0 Å². The first kappa shape index (κ1) is 35.3. The molecule has 1 aliphatic heterocycles. The number of nitrogens with one attached hydrogen (secondary N) is 3. The first-order valence-electron chi connectivity index (χ1n) is 12.5. The lowest BCUT2D eigenvalue weighted by Crippen LogP contribution is -2.33. The van der Waals surface area contributed by atoms with E-state index in [9.17, 15) is 24.3 Å². The summed E-state index contributed by atoms with van der Waals surface area (Å²) in [5.74, 6) is 6.92. The van der Waals surface area contributed by atoms with E-state index in [0.29, 0.717) is 30.4 Å². The fraction of sp³-hybridized carbons (Fsp3) is 0.667. The van der Waals surface area contributed by atoms with Gasteiger partial charge in [0.05, 0.1) is 19.3 Å². The number of aromatic amines is 1. The molecule has 0 unspecified atom stereocenters. The molecule has 0 aromatic carbocycles. The predicted molar refractivity (Wildman–Crippen MR) is 163 cm³/mol. The van der Waals surface area contributed by atoms with Gasteiger partial charge in [0.1, 0.15) is 36.0 Å². The molecule has 13 nitrogen and oxygen atoms in total. The average Bonchev–Trinajstić information content (AvgIpc) is 3.31. The number of alkyl carbamates (subject to hydrolysis) is 2. The highest BCUT2D eigenvalue weighted by molar-refractivity contribution is 8.76. The summed E-state index contributed by atoms with van der Waals surface area (Å²) in [5.41, 5.74) is -1.86. The third-order valence-corrected chi connectivity index (χ3v) is 8.80. The minimum Gasteiger partial charge on any atom is -0.449 e. The fourth-order valence-corrected chi connectivity index (χ4v) is 5.78. The molecule has 0 aliphatic carbocycles. The standard InChI is InChI=1S/C24H36N4O9S4/c1-24(2,3)37-23(33)26-8-10-39-40-11-9-34-22(32)25-7-5-6-16-13-28(21(31)27-20(16)30)19-12-17(18(14-29)36-19)35-15-41-38-4/h13,17-19,29H,7-12,14-15H2,1-4H3,(H,25,32)(H,26,33)(H,27,30,31)/t17-,18+,19+/m0/s1. The lowest BCUT2D eigenvalue weighted by molar-refractivity contribution is -0.0554. The van der Waals surface area contributed by atoms with E-state index in [1.54, 1.807) is 31.6 Å². The van der Waals surface area contributed by atoms with Crippen LogP contribution in [-0.4, -0.2) is 94.7 Å². The molecular formula is C24H36N4O9S4. The van der Waals surface area contributed by atoms with Gasteiger partial charge in [0.2, 0.25) is 0 Å². The van der Waals surface area contributed by atoms with Gasteiger partial charge in [0.25, 0.3) is 5.56 Å². The molecule has 0 radical (unpaired) electrons. The Hall–Kier alpha value is -1.94. The van der Waals surface area contributed by atoms with Crippen molar-refractivity contribution in [1.82, 2.24) is 20.2 Å². The fourth-order valence-electron chi connectivity index (χ4n) is 3.26. The second-order valence-electron chi connectivity index (χ2n) is 9.23. The van der Waals surface area contributed by atoms with Gasteiger partial charge in [-0.15, -0.1) is 0 Å². The molecule has 17 heteroatoms. The van der Waals surface area contributed by atoms with Gasteiger partial charge in [-0.1, -0.05) is 55.0 Å². The molecule has 1 aromatic heterocycles. The molecule has 1 fully saturated rings. The van der Waals surface area contributed by atoms with E-state index < -0.39 is 47.5 Å². The molecule has 2 heterocycles. The minimum atomic E-state index is -0.744. The first-order chi connectivity index (χ1) is 19.5. The number of amides is 2. The number of aromatic nitrogens is 2. The predicted octanol–water partition coefficient (Wildman–Crippen LogP) is 2.15. The van der Waals surface area contributed by atoms with E-state index in [1.165, 1.54) is 43.1 Å². The smallest absolute Gasteiger partial charge is 0.407 e. The van der Waals surface area contributed by atoms with Gasteiger partial charge in [-0.2, -0.15) is 0 Å². The summed E-state index contributed by atoms with van der Waals surface area (Å²) in [4.78, 5) is 50.3. The van der Waals surface area contributed by atoms with Gasteiger partial charge in [-0.25, -0.2) is 14.4 Å². The topological polar surface area (TPSA) is 170 Å². The first-order valence-corrected chi connectivity index (χ1v) is 17.7. The van der Waals surface area contributed by atoms with Crippen LogP contribution >= 0.6 is 43.2 Å². The Morgan fingerprint density at radius 3 is 2.66 bits per heavy atom. The summed E-state index contributed by atoms with van der Waals surface area (Å²) in [6.45, 7) is 5.67. The number of hydrogen-bond acceptors (Lipinski definition) is 13. The van der Waals surface area contributed by atoms with E-state index in [1.807, 2.05) is 6.26 Å². The molecule has 1 aliphatic rings. The quantitative estimate of drug-likeness (QED) is 0.0999. The zero-order valence-electron chi connectivity index (χ0n) is 23.3. The monoisotopic (exact) mass is 652 g/mol. The molecule has 1 aromatic rings. The van der Waals surface area contributed by atoms with Crippen molar-refractivity contribution in [3.8, 4) is 11.8 Å². The van der Waals surface area contributed by atoms with Crippen molar-refractivity contribution in [1.29, 1.82) is 0 Å². The van der Waals surface area contributed by atoms with Gasteiger partial charge < -0.3 is 34.7 Å². The molecule has 0 saturated carbocycles. The Labute approximate surface area is 254 Å². The summed E-state index contributed by atoms with van der Waals surface area (Å²) in [5, 5.41) is 14.8. The molecule has 0 bridgehead atoms. The van der Waals surface area contributed by atoms with Crippen LogP contribution in [0.2, 0.25) is 0 Å². The molecule has 4 N–H and O–H groups in total. The largest absolute Gasteiger partial charge is 0.449 e. The van der Waals surface area contributed by atoms with Crippen LogP contribution in [0.25, 0.3) is 0 Å². The zero-order chi connectivity index (χ0) is 30.3. The van der Waals surface area contributed by atoms with Crippen molar-refractivity contribution in [2.45, 2.75) is 51.2 Å². The summed E-state index contributed by atoms with van der Waals surface area (Å²) >= 11 is 0. The van der Waals surface area contributed by atoms with E-state index in [2.05, 4.69) is 27.5 Å². The molecule has 2 rings (SSSR count). The molecular weight excluding hydrogens is 617 g/mol. The number of hydrogen-bond donors (Lipinski definition) is 4. The Balaban J connectivity index is 1.72. The van der Waals surface area contributed by atoms with Gasteiger partial charge >= 0.3 is 17.9 Å². The average molecular weight is 653 g/mol. The van der Waals surface area contributed by atoms with E-state index >= 15 is 0 Å². The highest BCUT2D eigenvalue weighted by Crippen LogP contribution is 2.31. The van der Waals surface area contributed by atoms with Crippen LogP contribution in [0.5, 0.6) is 0 Å². The maximum Gasteiger partial charge on any atom is 0.407 e. The van der Waals surface area contributed by atoms with Crippen molar-refractivity contribution < 1.29 is 33.6 Å². The number of aliphatic hydroxyl groups is 1. The third-order valence-electron chi connectivity index (χ3n) is 4.97. The Kier molecular flexibility index (Phi) is 16.0. The van der Waals surface area contributed by atoms with Crippen molar-refractivity contribution in [3.63, 3.8) is 0 Å². The lowest BCUT2D eigenvalue weighted by Gasteiger charge is -2.19. The lowest BCUT2D eigenvalue weighted by atomic mass is 10.2. The highest BCUT2D eigenvalue weighted by Gasteiger charge is 2.37. The van der Waals surface area contributed by atoms with Crippen molar-refractivity contribution in [2.75, 3.05) is 50.0 Å². The van der Waals surface area contributed by atoms with Gasteiger partial charge in [-0.05, 0) is 27.0 Å². The summed E-state index contributed by atoms with van der Waals surface area (Å²) in [6.07, 6.45) is 0.648.